The lowest BCUT2D eigenvalue weighted by Crippen LogP contribution is -2.41. The molecule has 0 saturated carbocycles. The molecule has 4 nitrogen and oxygen atoms in total. The number of primary amides is 1. The Labute approximate surface area is 59.5 Å². The summed E-state index contributed by atoms with van der Waals surface area (Å²) in [5.74, 6) is -3.20. The first-order valence-corrected chi connectivity index (χ1v) is 2.47. The van der Waals surface area contributed by atoms with E-state index in [-0.39, 0.29) is 0 Å². The quantitative estimate of drug-likeness (QED) is 0.566. The van der Waals surface area contributed by atoms with Crippen molar-refractivity contribution in [2.24, 2.45) is 5.73 Å². The Balaban J connectivity index is 3.80. The number of amides is 2. The fourth-order valence-electron chi connectivity index (χ4n) is 0.268. The number of carbonyl (C=O) groups is 2. The van der Waals surface area contributed by atoms with Crippen molar-refractivity contribution in [2.45, 2.75) is 6.18 Å². The van der Waals surface area contributed by atoms with Gasteiger partial charge in [0.25, 0.3) is 0 Å². The topological polar surface area (TPSA) is 72.2 Å². The predicted molar refractivity (Wildman–Crippen MR) is 28.3 cm³/mol. The maximum Gasteiger partial charge on any atom is 0.471 e. The molecule has 2 amide bonds. The van der Waals surface area contributed by atoms with Crippen LogP contribution in [-0.2, 0) is 9.59 Å². The molecule has 7 heteroatoms. The molecule has 0 aromatic heterocycles. The summed E-state index contributed by atoms with van der Waals surface area (Å²) in [5, 5.41) is 1.28. The molecule has 0 bridgehead atoms. The van der Waals surface area contributed by atoms with Gasteiger partial charge in [-0.15, -0.1) is 0 Å². The molecule has 0 rings (SSSR count). The van der Waals surface area contributed by atoms with Gasteiger partial charge in [-0.2, -0.15) is 13.2 Å². The number of nitrogens with two attached hydrogens (primary N) is 1. The summed E-state index contributed by atoms with van der Waals surface area (Å²) in [6, 6.07) is 0. The van der Waals surface area contributed by atoms with Gasteiger partial charge in [-0.3, -0.25) is 9.59 Å². The zero-order valence-corrected chi connectivity index (χ0v) is 5.23. The largest absolute Gasteiger partial charge is 0.471 e. The van der Waals surface area contributed by atoms with E-state index < -0.39 is 24.5 Å². The third-order valence-corrected chi connectivity index (χ3v) is 0.681. The van der Waals surface area contributed by atoms with Crippen LogP contribution in [0.3, 0.4) is 0 Å². The van der Waals surface area contributed by atoms with E-state index in [0.717, 1.165) is 0 Å². The van der Waals surface area contributed by atoms with E-state index in [1.165, 1.54) is 5.32 Å². The minimum absolute atomic E-state index is 0.807. The van der Waals surface area contributed by atoms with Crippen molar-refractivity contribution in [2.75, 3.05) is 6.54 Å². The molecule has 3 N–H and O–H groups in total. The van der Waals surface area contributed by atoms with Crippen LogP contribution in [0.4, 0.5) is 13.2 Å². The Bertz CT molecular complexity index is 177. The molecule has 0 heterocycles. The van der Waals surface area contributed by atoms with E-state index in [9.17, 15) is 22.8 Å². The van der Waals surface area contributed by atoms with Crippen molar-refractivity contribution >= 4 is 11.8 Å². The lowest BCUT2D eigenvalue weighted by Gasteiger charge is -2.04. The first kappa shape index (κ1) is 9.73. The number of halogens is 3. The highest BCUT2D eigenvalue weighted by molar-refractivity contribution is 5.86. The summed E-state index contributed by atoms with van der Waals surface area (Å²) in [6.07, 6.45) is -4.96. The first-order valence-electron chi connectivity index (χ1n) is 2.47. The summed E-state index contributed by atoms with van der Waals surface area (Å²) in [7, 11) is 0. The average Bonchev–Trinajstić information content (AvgIpc) is 1.80. The highest BCUT2D eigenvalue weighted by Crippen LogP contribution is 2.13. The van der Waals surface area contributed by atoms with Gasteiger partial charge in [0.15, 0.2) is 0 Å². The standard InChI is InChI=1S/C4H5F3N2O2/c5-4(6,7)3(11)9-1-2(8)10/h1H2,(H2,8,10)(H,9,11). The van der Waals surface area contributed by atoms with Crippen LogP contribution in [0.15, 0.2) is 0 Å². The zero-order valence-electron chi connectivity index (χ0n) is 5.23. The van der Waals surface area contributed by atoms with Gasteiger partial charge in [0.1, 0.15) is 0 Å². The molecule has 0 fully saturated rings. The second-order valence-electron chi connectivity index (χ2n) is 1.65. The van der Waals surface area contributed by atoms with Crippen molar-refractivity contribution < 1.29 is 22.8 Å². The van der Waals surface area contributed by atoms with E-state index in [1.54, 1.807) is 0 Å². The van der Waals surface area contributed by atoms with Crippen LogP contribution in [-0.4, -0.2) is 24.5 Å². The minimum atomic E-state index is -4.96. The van der Waals surface area contributed by atoms with E-state index in [4.69, 9.17) is 0 Å². The summed E-state index contributed by atoms with van der Waals surface area (Å²) >= 11 is 0. The SMILES string of the molecule is NC(=O)CNC(=O)C(F)(F)F. The highest BCUT2D eigenvalue weighted by Gasteiger charge is 2.38. The van der Waals surface area contributed by atoms with Crippen LogP contribution in [0.2, 0.25) is 0 Å². The van der Waals surface area contributed by atoms with E-state index in [0.29, 0.717) is 0 Å². The van der Waals surface area contributed by atoms with Gasteiger partial charge in [0.05, 0.1) is 6.54 Å². The van der Waals surface area contributed by atoms with Gasteiger partial charge in [-0.1, -0.05) is 0 Å². The number of hydrogen-bond acceptors (Lipinski definition) is 2. The Morgan fingerprint density at radius 2 is 1.82 bits per heavy atom. The fourth-order valence-corrected chi connectivity index (χ4v) is 0.268. The molecule has 64 valence electrons. The first-order chi connectivity index (χ1) is 4.84. The van der Waals surface area contributed by atoms with Crippen molar-refractivity contribution in [3.8, 4) is 0 Å². The molecule has 0 aliphatic rings. The molecular formula is C4H5F3N2O2. The van der Waals surface area contributed by atoms with Crippen LogP contribution >= 0.6 is 0 Å². The predicted octanol–water partition coefficient (Wildman–Crippen LogP) is -0.850. The minimum Gasteiger partial charge on any atom is -0.368 e. The molecule has 0 aliphatic carbocycles. The molecule has 0 aliphatic heterocycles. The molecule has 11 heavy (non-hydrogen) atoms. The highest BCUT2D eigenvalue weighted by atomic mass is 19.4. The van der Waals surface area contributed by atoms with Crippen LogP contribution < -0.4 is 11.1 Å². The number of rotatable bonds is 2. The lowest BCUT2D eigenvalue weighted by molar-refractivity contribution is -0.173. The summed E-state index contributed by atoms with van der Waals surface area (Å²) in [4.78, 5) is 19.8. The average molecular weight is 170 g/mol. The molecule has 0 aromatic carbocycles. The second-order valence-corrected chi connectivity index (χ2v) is 1.65. The van der Waals surface area contributed by atoms with E-state index in [1.807, 2.05) is 0 Å². The maximum absolute atomic E-state index is 11.3. The number of hydrogen-bond donors (Lipinski definition) is 2. The summed E-state index contributed by atoms with van der Waals surface area (Å²) in [5.41, 5.74) is 4.46. The third-order valence-electron chi connectivity index (χ3n) is 0.681. The van der Waals surface area contributed by atoms with E-state index in [2.05, 4.69) is 5.73 Å². The van der Waals surface area contributed by atoms with Gasteiger partial charge in [0.2, 0.25) is 5.91 Å². The normalized spacial score (nSPS) is 10.8. The van der Waals surface area contributed by atoms with Gasteiger partial charge >= 0.3 is 12.1 Å². The summed E-state index contributed by atoms with van der Waals surface area (Å²) < 4.78 is 34.0. The molecule has 0 saturated heterocycles. The lowest BCUT2D eigenvalue weighted by atomic mass is 10.5. The summed E-state index contributed by atoms with van der Waals surface area (Å²) in [6.45, 7) is -0.807. The molecule has 0 radical (unpaired) electrons. The molecule has 0 spiro atoms. The van der Waals surface area contributed by atoms with Crippen molar-refractivity contribution in [1.82, 2.24) is 5.32 Å². The smallest absolute Gasteiger partial charge is 0.368 e. The molecule has 0 unspecified atom stereocenters. The van der Waals surface area contributed by atoms with E-state index >= 15 is 0 Å². The number of carbonyl (C=O) groups excluding carboxylic acids is 2. The zero-order chi connectivity index (χ0) is 9.07. The Hall–Kier alpha value is -1.27. The number of nitrogens with one attached hydrogen (secondary N) is 1. The Kier molecular flexibility index (Phi) is 2.85. The van der Waals surface area contributed by atoms with Crippen LogP contribution in [0.25, 0.3) is 0 Å². The van der Waals surface area contributed by atoms with Crippen molar-refractivity contribution in [3.63, 3.8) is 0 Å². The van der Waals surface area contributed by atoms with Gasteiger partial charge in [-0.25, -0.2) is 0 Å². The molecule has 0 aromatic rings. The van der Waals surface area contributed by atoms with Crippen molar-refractivity contribution in [1.29, 1.82) is 0 Å². The number of alkyl halides is 3. The van der Waals surface area contributed by atoms with Crippen LogP contribution in [0.1, 0.15) is 0 Å². The molecular weight excluding hydrogens is 165 g/mol. The second kappa shape index (κ2) is 3.22. The fraction of sp³-hybridized carbons (Fsp3) is 0.500. The Morgan fingerprint density at radius 1 is 1.36 bits per heavy atom. The van der Waals surface area contributed by atoms with Crippen molar-refractivity contribution in [3.05, 3.63) is 0 Å². The molecule has 0 atom stereocenters. The Morgan fingerprint density at radius 3 is 2.09 bits per heavy atom. The van der Waals surface area contributed by atoms with Gasteiger partial charge in [0, 0.05) is 0 Å². The maximum atomic E-state index is 11.3. The van der Waals surface area contributed by atoms with Gasteiger partial charge in [-0.05, 0) is 0 Å². The third kappa shape index (κ3) is 4.18. The van der Waals surface area contributed by atoms with Crippen LogP contribution in [0.5, 0.6) is 0 Å². The van der Waals surface area contributed by atoms with Gasteiger partial charge < -0.3 is 11.1 Å². The van der Waals surface area contributed by atoms with Crippen LogP contribution in [0, 0.1) is 0 Å². The monoisotopic (exact) mass is 170 g/mol.